The Hall–Kier alpha value is -3.22. The molecule has 5 nitrogen and oxygen atoms in total. The summed E-state index contributed by atoms with van der Waals surface area (Å²) in [5, 5.41) is 14.9. The van der Waals surface area contributed by atoms with Crippen LogP contribution >= 0.6 is 11.6 Å². The van der Waals surface area contributed by atoms with E-state index in [2.05, 4.69) is 10.6 Å². The van der Waals surface area contributed by atoms with E-state index < -0.39 is 11.8 Å². The van der Waals surface area contributed by atoms with Crippen molar-refractivity contribution >= 4 is 34.8 Å². The Labute approximate surface area is 183 Å². The Morgan fingerprint density at radius 2 is 1.84 bits per heavy atom. The number of Topliss-reactive ketones (excluding diaryl/α,β-unsaturated/α-hetero) is 1. The van der Waals surface area contributed by atoms with Crippen molar-refractivity contribution in [1.82, 2.24) is 0 Å². The normalized spacial score (nSPS) is 15.3. The quantitative estimate of drug-likeness (QED) is 0.501. The van der Waals surface area contributed by atoms with E-state index in [1.807, 2.05) is 6.07 Å². The summed E-state index contributed by atoms with van der Waals surface area (Å²) in [6.07, 6.45) is 1.29. The Morgan fingerprint density at radius 3 is 2.58 bits per heavy atom. The number of aryl methyl sites for hydroxylation is 1. The average Bonchev–Trinajstić information content (AvgIpc) is 2.75. The number of benzene rings is 3. The molecule has 3 N–H and O–H groups in total. The molecule has 7 heteroatoms. The number of fused-ring (bicyclic) bond motifs is 1. The number of nitrogens with one attached hydrogen (secondary N) is 2. The lowest BCUT2D eigenvalue weighted by Crippen LogP contribution is -2.25. The smallest absolute Gasteiger partial charge is 0.323 e. The summed E-state index contributed by atoms with van der Waals surface area (Å²) in [7, 11) is 0. The molecule has 31 heavy (non-hydrogen) atoms. The van der Waals surface area contributed by atoms with E-state index in [9.17, 15) is 19.1 Å². The fourth-order valence-corrected chi connectivity index (χ4v) is 3.91. The topological polar surface area (TPSA) is 78.4 Å². The SMILES string of the molecule is O=C(Nc1cccc(Cl)c1)Nc1ccc(-c2ccc3c(c2)CCC(CO)C3=O)cc1F. The van der Waals surface area contributed by atoms with Gasteiger partial charge < -0.3 is 15.7 Å². The zero-order valence-electron chi connectivity index (χ0n) is 16.5. The highest BCUT2D eigenvalue weighted by molar-refractivity contribution is 6.30. The number of urea groups is 1. The number of carbonyl (C=O) groups is 2. The van der Waals surface area contributed by atoms with Gasteiger partial charge in [0.1, 0.15) is 5.82 Å². The standard InChI is InChI=1S/C24H20ClFN2O3/c25-18-2-1-3-19(12-18)27-24(31)28-22-9-7-15(11-21(22)26)14-6-8-20-16(10-14)4-5-17(13-29)23(20)30/h1-3,6-12,17,29H,4-5,13H2,(H2,27,28,31). The van der Waals surface area contributed by atoms with Crippen molar-refractivity contribution in [2.45, 2.75) is 12.8 Å². The summed E-state index contributed by atoms with van der Waals surface area (Å²) in [5.41, 5.74) is 3.47. The number of aliphatic hydroxyl groups is 1. The number of anilines is 2. The van der Waals surface area contributed by atoms with Gasteiger partial charge in [0.2, 0.25) is 0 Å². The third kappa shape index (κ3) is 4.60. The molecule has 0 fully saturated rings. The van der Waals surface area contributed by atoms with E-state index in [-0.39, 0.29) is 24.0 Å². The van der Waals surface area contributed by atoms with Gasteiger partial charge in [0.25, 0.3) is 0 Å². The van der Waals surface area contributed by atoms with Crippen molar-refractivity contribution in [2.75, 3.05) is 17.2 Å². The second kappa shape index (κ2) is 8.88. The Kier molecular flexibility index (Phi) is 6.02. The van der Waals surface area contributed by atoms with Gasteiger partial charge in [-0.05, 0) is 59.9 Å². The molecule has 3 aromatic carbocycles. The zero-order valence-corrected chi connectivity index (χ0v) is 17.2. The number of rotatable bonds is 4. The van der Waals surface area contributed by atoms with Crippen LogP contribution in [0.5, 0.6) is 0 Å². The third-order valence-corrected chi connectivity index (χ3v) is 5.59. The van der Waals surface area contributed by atoms with Crippen molar-refractivity contribution in [3.8, 4) is 11.1 Å². The molecule has 4 rings (SSSR count). The molecule has 0 saturated carbocycles. The Bertz CT molecular complexity index is 1170. The first-order chi connectivity index (χ1) is 14.9. The monoisotopic (exact) mass is 438 g/mol. The average molecular weight is 439 g/mol. The maximum absolute atomic E-state index is 14.7. The van der Waals surface area contributed by atoms with Crippen molar-refractivity contribution in [3.05, 3.63) is 82.6 Å². The fourth-order valence-electron chi connectivity index (χ4n) is 3.72. The maximum Gasteiger partial charge on any atom is 0.323 e. The van der Waals surface area contributed by atoms with Crippen LogP contribution in [0.25, 0.3) is 11.1 Å². The first-order valence-corrected chi connectivity index (χ1v) is 10.2. The molecule has 1 unspecified atom stereocenters. The molecule has 1 aliphatic carbocycles. The minimum Gasteiger partial charge on any atom is -0.396 e. The largest absolute Gasteiger partial charge is 0.396 e. The van der Waals surface area contributed by atoms with Crippen molar-refractivity contribution < 1.29 is 19.1 Å². The number of aliphatic hydroxyl groups excluding tert-OH is 1. The number of carbonyl (C=O) groups excluding carboxylic acids is 2. The molecule has 0 heterocycles. The Morgan fingerprint density at radius 1 is 1.06 bits per heavy atom. The molecule has 0 saturated heterocycles. The molecular formula is C24H20ClFN2O3. The molecular weight excluding hydrogens is 419 g/mol. The van der Waals surface area contributed by atoms with E-state index in [1.165, 1.54) is 12.1 Å². The molecule has 1 aliphatic rings. The summed E-state index contributed by atoms with van der Waals surface area (Å²) in [6.45, 7) is -0.148. The van der Waals surface area contributed by atoms with E-state index in [4.69, 9.17) is 11.6 Å². The predicted molar refractivity (Wildman–Crippen MR) is 119 cm³/mol. The molecule has 158 valence electrons. The first-order valence-electron chi connectivity index (χ1n) is 9.86. The molecule has 0 aromatic heterocycles. The van der Waals surface area contributed by atoms with Crippen LogP contribution < -0.4 is 10.6 Å². The van der Waals surface area contributed by atoms with Crippen molar-refractivity contribution in [3.63, 3.8) is 0 Å². The lowest BCUT2D eigenvalue weighted by atomic mass is 9.82. The van der Waals surface area contributed by atoms with Gasteiger partial charge in [0.05, 0.1) is 12.3 Å². The molecule has 3 aromatic rings. The van der Waals surface area contributed by atoms with Crippen LogP contribution in [0, 0.1) is 11.7 Å². The highest BCUT2D eigenvalue weighted by Crippen LogP contribution is 2.31. The van der Waals surface area contributed by atoms with Crippen LogP contribution in [0.3, 0.4) is 0 Å². The van der Waals surface area contributed by atoms with Gasteiger partial charge in [-0.1, -0.05) is 41.9 Å². The molecule has 1 atom stereocenters. The van der Waals surface area contributed by atoms with E-state index in [0.29, 0.717) is 34.7 Å². The minimum atomic E-state index is -0.584. The zero-order chi connectivity index (χ0) is 22.0. The fraction of sp³-hybridized carbons (Fsp3) is 0.167. The summed E-state index contributed by atoms with van der Waals surface area (Å²) in [4.78, 5) is 24.5. The minimum absolute atomic E-state index is 0.0437. The molecule has 0 bridgehead atoms. The molecule has 0 aliphatic heterocycles. The molecule has 0 radical (unpaired) electrons. The lowest BCUT2D eigenvalue weighted by Gasteiger charge is -2.22. The number of hydrogen-bond donors (Lipinski definition) is 3. The van der Waals surface area contributed by atoms with Gasteiger partial charge in [-0.2, -0.15) is 0 Å². The van der Waals surface area contributed by atoms with E-state index in [0.717, 1.165) is 11.1 Å². The first kappa shape index (κ1) is 21.0. The van der Waals surface area contributed by atoms with Gasteiger partial charge in [-0.3, -0.25) is 4.79 Å². The number of hydrogen-bond acceptors (Lipinski definition) is 3. The highest BCUT2D eigenvalue weighted by atomic mass is 35.5. The van der Waals surface area contributed by atoms with Crippen LogP contribution in [0.1, 0.15) is 22.3 Å². The molecule has 2 amide bonds. The molecule has 0 spiro atoms. The summed E-state index contributed by atoms with van der Waals surface area (Å²) in [6, 6.07) is 16.0. The van der Waals surface area contributed by atoms with Crippen LogP contribution in [-0.4, -0.2) is 23.5 Å². The van der Waals surface area contributed by atoms with Gasteiger partial charge in [-0.15, -0.1) is 0 Å². The number of amides is 2. The maximum atomic E-state index is 14.7. The third-order valence-electron chi connectivity index (χ3n) is 5.36. The van der Waals surface area contributed by atoms with Gasteiger partial charge in [0, 0.05) is 22.2 Å². The van der Waals surface area contributed by atoms with Crippen LogP contribution in [0.4, 0.5) is 20.6 Å². The Balaban J connectivity index is 1.50. The summed E-state index contributed by atoms with van der Waals surface area (Å²) >= 11 is 5.89. The lowest BCUT2D eigenvalue weighted by molar-refractivity contribution is 0.0837. The summed E-state index contributed by atoms with van der Waals surface area (Å²) in [5.74, 6) is -0.973. The van der Waals surface area contributed by atoms with E-state index >= 15 is 0 Å². The van der Waals surface area contributed by atoms with Gasteiger partial charge in [0.15, 0.2) is 5.78 Å². The number of halogens is 2. The number of ketones is 1. The van der Waals surface area contributed by atoms with Crippen LogP contribution in [0.15, 0.2) is 60.7 Å². The van der Waals surface area contributed by atoms with Crippen LogP contribution in [-0.2, 0) is 6.42 Å². The van der Waals surface area contributed by atoms with Crippen molar-refractivity contribution in [2.24, 2.45) is 5.92 Å². The van der Waals surface area contributed by atoms with Crippen molar-refractivity contribution in [1.29, 1.82) is 0 Å². The second-order valence-electron chi connectivity index (χ2n) is 7.44. The highest BCUT2D eigenvalue weighted by Gasteiger charge is 2.26. The van der Waals surface area contributed by atoms with Crippen LogP contribution in [0.2, 0.25) is 5.02 Å². The van der Waals surface area contributed by atoms with Gasteiger partial charge in [-0.25, -0.2) is 9.18 Å². The van der Waals surface area contributed by atoms with Gasteiger partial charge >= 0.3 is 6.03 Å². The van der Waals surface area contributed by atoms with E-state index in [1.54, 1.807) is 42.5 Å². The second-order valence-corrected chi connectivity index (χ2v) is 7.87. The predicted octanol–water partition coefficient (Wildman–Crippen LogP) is 5.53. The summed E-state index contributed by atoms with van der Waals surface area (Å²) < 4.78 is 14.7.